The van der Waals surface area contributed by atoms with Crippen molar-refractivity contribution in [2.45, 2.75) is 44.2 Å². The summed E-state index contributed by atoms with van der Waals surface area (Å²) in [5.41, 5.74) is 0.603. The van der Waals surface area contributed by atoms with E-state index in [2.05, 4.69) is 21.8 Å². The molecule has 4 nitrogen and oxygen atoms in total. The van der Waals surface area contributed by atoms with Crippen LogP contribution in [0.2, 0.25) is 5.02 Å². The van der Waals surface area contributed by atoms with Crippen molar-refractivity contribution in [1.82, 2.24) is 14.9 Å². The number of rotatable bonds is 5. The van der Waals surface area contributed by atoms with E-state index in [9.17, 15) is 4.39 Å². The standard InChI is InChI=1S/C20H24ClFN4/c1-25(19-7-10-23-20(24-19)14-5-6-14)15-8-11-26(12-9-15)13-16-17(21)3-2-4-18(16)22/h2-4,7,10,14-15H,5-6,8-9,11-13H2,1H3. The first-order valence-corrected chi connectivity index (χ1v) is 9.70. The van der Waals surface area contributed by atoms with Gasteiger partial charge in [-0.25, -0.2) is 14.4 Å². The molecule has 1 aliphatic heterocycles. The van der Waals surface area contributed by atoms with Crippen molar-refractivity contribution < 1.29 is 4.39 Å². The Morgan fingerprint density at radius 1 is 1.19 bits per heavy atom. The Bertz CT molecular complexity index is 752. The Morgan fingerprint density at radius 2 is 1.96 bits per heavy atom. The van der Waals surface area contributed by atoms with E-state index in [1.165, 1.54) is 18.9 Å². The van der Waals surface area contributed by atoms with Crippen molar-refractivity contribution in [3.05, 3.63) is 52.7 Å². The first kappa shape index (κ1) is 17.7. The lowest BCUT2D eigenvalue weighted by molar-refractivity contribution is 0.201. The molecule has 1 aliphatic carbocycles. The highest BCUT2D eigenvalue weighted by Crippen LogP contribution is 2.38. The SMILES string of the molecule is CN(c1ccnc(C2CC2)n1)C1CCN(Cc2c(F)cccc2Cl)CC1. The Morgan fingerprint density at radius 3 is 2.65 bits per heavy atom. The van der Waals surface area contributed by atoms with E-state index in [0.29, 0.717) is 29.1 Å². The molecule has 0 radical (unpaired) electrons. The summed E-state index contributed by atoms with van der Waals surface area (Å²) in [4.78, 5) is 13.7. The summed E-state index contributed by atoms with van der Waals surface area (Å²) in [6.07, 6.45) is 6.37. The number of piperidine rings is 1. The van der Waals surface area contributed by atoms with Gasteiger partial charge in [-0.15, -0.1) is 0 Å². The Balaban J connectivity index is 1.36. The second-order valence-corrected chi connectivity index (χ2v) is 7.77. The van der Waals surface area contributed by atoms with Crippen molar-refractivity contribution in [3.8, 4) is 0 Å². The van der Waals surface area contributed by atoms with E-state index in [1.807, 2.05) is 12.3 Å². The molecule has 0 atom stereocenters. The van der Waals surface area contributed by atoms with E-state index < -0.39 is 0 Å². The summed E-state index contributed by atoms with van der Waals surface area (Å²) in [5.74, 6) is 2.35. The summed E-state index contributed by atoms with van der Waals surface area (Å²) in [7, 11) is 2.12. The van der Waals surface area contributed by atoms with Gasteiger partial charge in [0.25, 0.3) is 0 Å². The molecule has 138 valence electrons. The Hall–Kier alpha value is -1.72. The molecule has 2 aliphatic rings. The first-order chi connectivity index (χ1) is 12.6. The van der Waals surface area contributed by atoms with E-state index in [4.69, 9.17) is 16.6 Å². The second-order valence-electron chi connectivity index (χ2n) is 7.37. The molecule has 0 bridgehead atoms. The van der Waals surface area contributed by atoms with Crippen LogP contribution < -0.4 is 4.90 Å². The molecule has 0 amide bonds. The molecule has 1 saturated heterocycles. The van der Waals surface area contributed by atoms with Crippen LogP contribution in [0.3, 0.4) is 0 Å². The monoisotopic (exact) mass is 374 g/mol. The van der Waals surface area contributed by atoms with Gasteiger partial charge in [0.05, 0.1) is 0 Å². The molecule has 0 N–H and O–H groups in total. The maximum absolute atomic E-state index is 14.0. The zero-order valence-corrected chi connectivity index (χ0v) is 15.8. The molecular weight excluding hydrogens is 351 g/mol. The van der Waals surface area contributed by atoms with Crippen LogP contribution in [0.5, 0.6) is 0 Å². The minimum absolute atomic E-state index is 0.217. The molecule has 2 heterocycles. The maximum atomic E-state index is 14.0. The molecule has 0 spiro atoms. The summed E-state index contributed by atoms with van der Waals surface area (Å²) in [5, 5.41) is 0.512. The minimum Gasteiger partial charge on any atom is -0.356 e. The van der Waals surface area contributed by atoms with Gasteiger partial charge in [0.15, 0.2) is 0 Å². The fourth-order valence-corrected chi connectivity index (χ4v) is 3.88. The van der Waals surface area contributed by atoms with Crippen molar-refractivity contribution in [1.29, 1.82) is 0 Å². The average Bonchev–Trinajstić information content (AvgIpc) is 3.50. The molecule has 4 rings (SSSR count). The van der Waals surface area contributed by atoms with Gasteiger partial charge in [-0.1, -0.05) is 17.7 Å². The highest BCUT2D eigenvalue weighted by molar-refractivity contribution is 6.31. The summed E-state index contributed by atoms with van der Waals surface area (Å²) in [6, 6.07) is 7.34. The van der Waals surface area contributed by atoms with Gasteiger partial charge < -0.3 is 4.90 Å². The summed E-state index contributed by atoms with van der Waals surface area (Å²) >= 11 is 6.16. The van der Waals surface area contributed by atoms with Gasteiger partial charge in [0.2, 0.25) is 0 Å². The van der Waals surface area contributed by atoms with Gasteiger partial charge in [0, 0.05) is 55.4 Å². The lowest BCUT2D eigenvalue weighted by Crippen LogP contribution is -2.43. The van der Waals surface area contributed by atoms with Gasteiger partial charge >= 0.3 is 0 Å². The quantitative estimate of drug-likeness (QED) is 0.783. The molecule has 2 fully saturated rings. The number of anilines is 1. The number of halogens is 2. The lowest BCUT2D eigenvalue weighted by Gasteiger charge is -2.37. The average molecular weight is 375 g/mol. The third-order valence-electron chi connectivity index (χ3n) is 5.51. The number of hydrogen-bond donors (Lipinski definition) is 0. The third-order valence-corrected chi connectivity index (χ3v) is 5.87. The van der Waals surface area contributed by atoms with E-state index >= 15 is 0 Å². The zero-order chi connectivity index (χ0) is 18.1. The Labute approximate surface area is 159 Å². The minimum atomic E-state index is -0.217. The predicted octanol–water partition coefficient (Wildman–Crippen LogP) is 4.25. The van der Waals surface area contributed by atoms with Gasteiger partial charge in [-0.05, 0) is 43.9 Å². The van der Waals surface area contributed by atoms with Crippen LogP contribution in [0.25, 0.3) is 0 Å². The number of nitrogens with zero attached hydrogens (tertiary/aromatic N) is 4. The number of aromatic nitrogens is 2. The maximum Gasteiger partial charge on any atom is 0.133 e. The number of benzene rings is 1. The zero-order valence-electron chi connectivity index (χ0n) is 15.0. The van der Waals surface area contributed by atoms with Gasteiger partial charge in [-0.3, -0.25) is 4.90 Å². The molecule has 1 saturated carbocycles. The summed E-state index contributed by atoms with van der Waals surface area (Å²) < 4.78 is 14.0. The van der Waals surface area contributed by atoms with Crippen molar-refractivity contribution in [3.63, 3.8) is 0 Å². The smallest absolute Gasteiger partial charge is 0.133 e. The number of likely N-dealkylation sites (tertiary alicyclic amines) is 1. The molecule has 1 aromatic carbocycles. The Kier molecular flexibility index (Phi) is 5.09. The molecule has 26 heavy (non-hydrogen) atoms. The van der Waals surface area contributed by atoms with Crippen LogP contribution in [0.15, 0.2) is 30.5 Å². The highest BCUT2D eigenvalue weighted by Gasteiger charge is 2.28. The van der Waals surface area contributed by atoms with Crippen LogP contribution in [-0.2, 0) is 6.54 Å². The molecule has 2 aromatic rings. The normalized spacial score (nSPS) is 18.9. The van der Waals surface area contributed by atoms with E-state index in [1.54, 1.807) is 12.1 Å². The molecule has 6 heteroatoms. The van der Waals surface area contributed by atoms with Gasteiger partial charge in [0.1, 0.15) is 17.5 Å². The van der Waals surface area contributed by atoms with Crippen LogP contribution in [0.1, 0.15) is 43.0 Å². The third kappa shape index (κ3) is 3.84. The van der Waals surface area contributed by atoms with Crippen molar-refractivity contribution >= 4 is 17.4 Å². The van der Waals surface area contributed by atoms with E-state index in [-0.39, 0.29) is 5.82 Å². The van der Waals surface area contributed by atoms with Crippen LogP contribution >= 0.6 is 11.6 Å². The summed E-state index contributed by atoms with van der Waals surface area (Å²) in [6.45, 7) is 2.43. The van der Waals surface area contributed by atoms with Crippen LogP contribution in [-0.4, -0.2) is 41.0 Å². The van der Waals surface area contributed by atoms with E-state index in [0.717, 1.165) is 37.6 Å². The second kappa shape index (κ2) is 7.49. The first-order valence-electron chi connectivity index (χ1n) is 9.33. The van der Waals surface area contributed by atoms with Crippen molar-refractivity contribution in [2.75, 3.05) is 25.0 Å². The fraction of sp³-hybridized carbons (Fsp3) is 0.500. The topological polar surface area (TPSA) is 32.3 Å². The molecular formula is C20H24ClFN4. The van der Waals surface area contributed by atoms with Gasteiger partial charge in [-0.2, -0.15) is 0 Å². The molecule has 0 unspecified atom stereocenters. The van der Waals surface area contributed by atoms with Crippen molar-refractivity contribution in [2.24, 2.45) is 0 Å². The lowest BCUT2D eigenvalue weighted by atomic mass is 10.0. The van der Waals surface area contributed by atoms with Crippen LogP contribution in [0.4, 0.5) is 10.2 Å². The van der Waals surface area contributed by atoms with Crippen LogP contribution in [0, 0.1) is 5.82 Å². The number of hydrogen-bond acceptors (Lipinski definition) is 4. The molecule has 1 aromatic heterocycles. The highest BCUT2D eigenvalue weighted by atomic mass is 35.5. The largest absolute Gasteiger partial charge is 0.356 e. The predicted molar refractivity (Wildman–Crippen MR) is 102 cm³/mol. The fourth-order valence-electron chi connectivity index (χ4n) is 3.66.